The Labute approximate surface area is 82.2 Å². The van der Waals surface area contributed by atoms with E-state index in [1.807, 2.05) is 29.8 Å². The average molecular weight is 189 g/mol. The van der Waals surface area contributed by atoms with Crippen LogP contribution in [0.3, 0.4) is 0 Å². The molecule has 0 fully saturated rings. The normalized spacial score (nSPS) is 10.1. The number of methoxy groups -OCH3 is 1. The van der Waals surface area contributed by atoms with Crippen molar-refractivity contribution in [1.82, 2.24) is 14.5 Å². The molecule has 14 heavy (non-hydrogen) atoms. The van der Waals surface area contributed by atoms with E-state index in [1.54, 1.807) is 19.6 Å². The summed E-state index contributed by atoms with van der Waals surface area (Å²) < 4.78 is 7.04. The fourth-order valence-corrected chi connectivity index (χ4v) is 1.27. The summed E-state index contributed by atoms with van der Waals surface area (Å²) in [6, 6.07) is 3.71. The van der Waals surface area contributed by atoms with Crippen LogP contribution in [-0.2, 0) is 0 Å². The lowest BCUT2D eigenvalue weighted by Gasteiger charge is -2.06. The Morgan fingerprint density at radius 3 is 2.86 bits per heavy atom. The van der Waals surface area contributed by atoms with E-state index >= 15 is 0 Å². The summed E-state index contributed by atoms with van der Waals surface area (Å²) in [5.41, 5.74) is 0.956. The number of hydrogen-bond donors (Lipinski definition) is 0. The first-order valence-corrected chi connectivity index (χ1v) is 4.31. The second-order valence-corrected chi connectivity index (χ2v) is 2.95. The van der Waals surface area contributed by atoms with Crippen molar-refractivity contribution in [2.45, 2.75) is 6.92 Å². The van der Waals surface area contributed by atoms with Crippen LogP contribution in [0.4, 0.5) is 0 Å². The molecule has 0 aromatic carbocycles. The zero-order valence-corrected chi connectivity index (χ0v) is 8.14. The summed E-state index contributed by atoms with van der Waals surface area (Å²) in [6.45, 7) is 1.94. The van der Waals surface area contributed by atoms with Crippen LogP contribution in [0.2, 0.25) is 0 Å². The molecule has 0 bridgehead atoms. The molecule has 0 N–H and O–H groups in total. The van der Waals surface area contributed by atoms with E-state index in [9.17, 15) is 0 Å². The van der Waals surface area contributed by atoms with E-state index in [0.717, 1.165) is 17.3 Å². The van der Waals surface area contributed by atoms with Gasteiger partial charge in [-0.15, -0.1) is 0 Å². The van der Waals surface area contributed by atoms with Crippen LogP contribution < -0.4 is 4.74 Å². The van der Waals surface area contributed by atoms with Crippen LogP contribution in [0.1, 0.15) is 5.69 Å². The molecule has 0 radical (unpaired) electrons. The number of aryl methyl sites for hydroxylation is 1. The highest BCUT2D eigenvalue weighted by Crippen LogP contribution is 2.18. The summed E-state index contributed by atoms with van der Waals surface area (Å²) in [5.74, 6) is 1.50. The van der Waals surface area contributed by atoms with Crippen LogP contribution in [-0.4, -0.2) is 21.6 Å². The van der Waals surface area contributed by atoms with Crippen LogP contribution in [0, 0.1) is 6.92 Å². The van der Waals surface area contributed by atoms with Crippen LogP contribution >= 0.6 is 0 Å². The topological polar surface area (TPSA) is 39.9 Å². The molecule has 2 rings (SSSR count). The molecular formula is C10H11N3O. The minimum Gasteiger partial charge on any atom is -0.493 e. The van der Waals surface area contributed by atoms with Crippen molar-refractivity contribution in [3.63, 3.8) is 0 Å². The minimum atomic E-state index is 0.741. The molecule has 4 heteroatoms. The first-order chi connectivity index (χ1) is 6.81. The predicted molar refractivity (Wildman–Crippen MR) is 52.6 cm³/mol. The van der Waals surface area contributed by atoms with E-state index in [4.69, 9.17) is 4.74 Å². The Morgan fingerprint density at radius 1 is 1.36 bits per heavy atom. The van der Waals surface area contributed by atoms with E-state index in [-0.39, 0.29) is 0 Å². The van der Waals surface area contributed by atoms with E-state index in [2.05, 4.69) is 9.97 Å². The Morgan fingerprint density at radius 2 is 2.21 bits per heavy atom. The molecule has 4 nitrogen and oxygen atoms in total. The Balaban J connectivity index is 2.50. The average Bonchev–Trinajstić information content (AvgIpc) is 2.65. The van der Waals surface area contributed by atoms with Gasteiger partial charge in [0.25, 0.3) is 0 Å². The van der Waals surface area contributed by atoms with Gasteiger partial charge >= 0.3 is 0 Å². The number of pyridine rings is 1. The number of ether oxygens (including phenoxy) is 1. The molecule has 0 saturated carbocycles. The van der Waals surface area contributed by atoms with Crippen molar-refractivity contribution in [1.29, 1.82) is 0 Å². The van der Waals surface area contributed by atoms with Gasteiger partial charge in [-0.3, -0.25) is 4.57 Å². The molecule has 0 saturated heterocycles. The van der Waals surface area contributed by atoms with Gasteiger partial charge in [0.05, 0.1) is 12.8 Å². The lowest BCUT2D eigenvalue weighted by Crippen LogP contribution is -1.97. The molecule has 2 aromatic heterocycles. The smallest absolute Gasteiger partial charge is 0.180 e. The largest absolute Gasteiger partial charge is 0.493 e. The molecule has 0 amide bonds. The number of aromatic nitrogens is 3. The van der Waals surface area contributed by atoms with Gasteiger partial charge < -0.3 is 4.74 Å². The van der Waals surface area contributed by atoms with Crippen molar-refractivity contribution < 1.29 is 4.74 Å². The molecule has 2 heterocycles. The Kier molecular flexibility index (Phi) is 2.18. The number of rotatable bonds is 2. The highest BCUT2D eigenvalue weighted by Gasteiger charge is 2.05. The van der Waals surface area contributed by atoms with Crippen molar-refractivity contribution in [3.05, 3.63) is 36.5 Å². The third kappa shape index (κ3) is 1.46. The van der Waals surface area contributed by atoms with Crippen LogP contribution in [0.15, 0.2) is 30.9 Å². The molecule has 2 aromatic rings. The first-order valence-electron chi connectivity index (χ1n) is 4.31. The standard InChI is InChI=1S/C10H11N3O/c1-8-6-13(7-12-8)10-9(14-2)4-3-5-11-10/h3-7H,1-2H3. The third-order valence-electron chi connectivity index (χ3n) is 1.93. The summed E-state index contributed by atoms with van der Waals surface area (Å²) in [7, 11) is 1.63. The molecule has 0 aliphatic heterocycles. The van der Waals surface area contributed by atoms with Gasteiger partial charge in [0.15, 0.2) is 11.6 Å². The van der Waals surface area contributed by atoms with Crippen LogP contribution in [0.25, 0.3) is 5.82 Å². The Hall–Kier alpha value is -1.84. The third-order valence-corrected chi connectivity index (χ3v) is 1.93. The second kappa shape index (κ2) is 3.49. The van der Waals surface area contributed by atoms with Crippen LogP contribution in [0.5, 0.6) is 5.75 Å². The zero-order valence-electron chi connectivity index (χ0n) is 8.14. The zero-order chi connectivity index (χ0) is 9.97. The lowest BCUT2D eigenvalue weighted by atomic mass is 10.4. The minimum absolute atomic E-state index is 0.741. The number of hydrogen-bond acceptors (Lipinski definition) is 3. The van der Waals surface area contributed by atoms with Crippen molar-refractivity contribution in [3.8, 4) is 11.6 Å². The fraction of sp³-hybridized carbons (Fsp3) is 0.200. The van der Waals surface area contributed by atoms with Gasteiger partial charge in [0.2, 0.25) is 0 Å². The monoisotopic (exact) mass is 189 g/mol. The highest BCUT2D eigenvalue weighted by molar-refractivity contribution is 5.39. The molecular weight excluding hydrogens is 178 g/mol. The SMILES string of the molecule is COc1cccnc1-n1cnc(C)c1. The summed E-state index contributed by atoms with van der Waals surface area (Å²) in [6.07, 6.45) is 5.36. The first kappa shape index (κ1) is 8.74. The molecule has 0 aliphatic carbocycles. The van der Waals surface area contributed by atoms with Crippen molar-refractivity contribution in [2.24, 2.45) is 0 Å². The van der Waals surface area contributed by atoms with Gasteiger partial charge in [-0.2, -0.15) is 0 Å². The second-order valence-electron chi connectivity index (χ2n) is 2.95. The highest BCUT2D eigenvalue weighted by atomic mass is 16.5. The molecule has 0 aliphatic rings. The maximum absolute atomic E-state index is 5.20. The van der Waals surface area contributed by atoms with Crippen molar-refractivity contribution >= 4 is 0 Å². The predicted octanol–water partition coefficient (Wildman–Crippen LogP) is 1.58. The maximum atomic E-state index is 5.20. The van der Waals surface area contributed by atoms with Gasteiger partial charge in [0, 0.05) is 12.4 Å². The molecule has 0 unspecified atom stereocenters. The summed E-state index contributed by atoms with van der Waals surface area (Å²) in [5, 5.41) is 0. The molecule has 72 valence electrons. The van der Waals surface area contributed by atoms with Gasteiger partial charge in [-0.05, 0) is 19.1 Å². The lowest BCUT2D eigenvalue weighted by molar-refractivity contribution is 0.410. The molecule has 0 spiro atoms. The maximum Gasteiger partial charge on any atom is 0.180 e. The summed E-state index contributed by atoms with van der Waals surface area (Å²) in [4.78, 5) is 8.37. The Bertz CT molecular complexity index is 436. The van der Waals surface area contributed by atoms with Gasteiger partial charge in [-0.1, -0.05) is 0 Å². The molecule has 0 atom stereocenters. The fourth-order valence-electron chi connectivity index (χ4n) is 1.27. The quantitative estimate of drug-likeness (QED) is 0.720. The van der Waals surface area contributed by atoms with Gasteiger partial charge in [0.1, 0.15) is 6.33 Å². The number of nitrogens with zero attached hydrogens (tertiary/aromatic N) is 3. The van der Waals surface area contributed by atoms with Crippen molar-refractivity contribution in [2.75, 3.05) is 7.11 Å². The van der Waals surface area contributed by atoms with E-state index < -0.39 is 0 Å². The van der Waals surface area contributed by atoms with E-state index in [1.165, 1.54) is 0 Å². The van der Waals surface area contributed by atoms with E-state index in [0.29, 0.717) is 0 Å². The number of imidazole rings is 1. The van der Waals surface area contributed by atoms with Gasteiger partial charge in [-0.25, -0.2) is 9.97 Å². The summed E-state index contributed by atoms with van der Waals surface area (Å²) >= 11 is 0.